The first-order valence-corrected chi connectivity index (χ1v) is 23.5. The number of aliphatic carboxylic acids is 1. The van der Waals surface area contributed by atoms with E-state index < -0.39 is 103 Å². The maximum absolute atomic E-state index is 14.1. The van der Waals surface area contributed by atoms with Crippen molar-refractivity contribution in [2.75, 3.05) is 62.5 Å². The van der Waals surface area contributed by atoms with Gasteiger partial charge in [-0.2, -0.15) is 0 Å². The minimum atomic E-state index is -1.31. The third-order valence-corrected chi connectivity index (χ3v) is 13.5. The van der Waals surface area contributed by atoms with Crippen LogP contribution < -0.4 is 10.6 Å². The highest BCUT2D eigenvalue weighted by atomic mass is 16.6. The van der Waals surface area contributed by atoms with Crippen LogP contribution in [0.25, 0.3) is 11.1 Å². The molecule has 0 aliphatic heterocycles. The summed E-state index contributed by atoms with van der Waals surface area (Å²) >= 11 is 0. The van der Waals surface area contributed by atoms with Crippen molar-refractivity contribution in [3.63, 3.8) is 0 Å². The summed E-state index contributed by atoms with van der Waals surface area (Å²) in [5.41, 5.74) is 4.25. The molecule has 2 aliphatic rings. The highest BCUT2D eigenvalue weighted by molar-refractivity contribution is 5.97. The monoisotopic (exact) mass is 961 g/mol. The third-order valence-electron chi connectivity index (χ3n) is 13.5. The summed E-state index contributed by atoms with van der Waals surface area (Å²) in [5, 5.41) is 14.9. The molecule has 378 valence electrons. The number of hydrogen-bond donors (Lipinski definition) is 3. The average molecular weight is 961 g/mol. The number of nitrogens with one attached hydrogen (secondary N) is 2. The second-order valence-electron chi connectivity index (χ2n) is 19.1. The highest BCUT2D eigenvalue weighted by Crippen LogP contribution is 2.44. The number of fused-ring (bicyclic) bond motifs is 3. The molecule has 4 rings (SSSR count). The predicted octanol–water partition coefficient (Wildman–Crippen LogP) is 3.00. The van der Waals surface area contributed by atoms with Crippen molar-refractivity contribution in [1.82, 2.24) is 40.0 Å². The average Bonchev–Trinajstić information content (AvgIpc) is 3.96. The van der Waals surface area contributed by atoms with Gasteiger partial charge in [-0.1, -0.05) is 75.2 Å². The lowest BCUT2D eigenvalue weighted by Gasteiger charge is -2.38. The lowest BCUT2D eigenvalue weighted by molar-refractivity contribution is -0.154. The van der Waals surface area contributed by atoms with Gasteiger partial charge >= 0.3 is 12.1 Å². The molecule has 6 unspecified atom stereocenters. The highest BCUT2D eigenvalue weighted by Gasteiger charge is 2.43. The van der Waals surface area contributed by atoms with Crippen LogP contribution in [0.4, 0.5) is 4.79 Å². The minimum absolute atomic E-state index is 0.0535. The molecule has 0 spiro atoms. The number of carbonyl (C=O) groups excluding carboxylic acids is 8. The molecule has 0 radical (unpaired) electrons. The molecule has 1 fully saturated rings. The van der Waals surface area contributed by atoms with Crippen molar-refractivity contribution in [1.29, 1.82) is 0 Å². The van der Waals surface area contributed by atoms with Gasteiger partial charge in [0, 0.05) is 55.3 Å². The van der Waals surface area contributed by atoms with Crippen LogP contribution >= 0.6 is 0 Å². The molecule has 2 aromatic rings. The van der Waals surface area contributed by atoms with E-state index in [1.807, 2.05) is 62.4 Å². The Kier molecular flexibility index (Phi) is 19.3. The van der Waals surface area contributed by atoms with Crippen LogP contribution in [-0.4, -0.2) is 187 Å². The number of amides is 8. The molecule has 0 bridgehead atoms. The Hall–Kier alpha value is -6.53. The van der Waals surface area contributed by atoms with E-state index in [2.05, 4.69) is 10.6 Å². The molecule has 19 heteroatoms. The van der Waals surface area contributed by atoms with Crippen molar-refractivity contribution in [2.45, 2.75) is 115 Å². The molecule has 0 heterocycles. The first-order chi connectivity index (χ1) is 32.4. The van der Waals surface area contributed by atoms with Gasteiger partial charge in [0.15, 0.2) is 0 Å². The zero-order valence-electron chi connectivity index (χ0n) is 42.2. The van der Waals surface area contributed by atoms with Gasteiger partial charge in [0.25, 0.3) is 0 Å². The van der Waals surface area contributed by atoms with Gasteiger partial charge in [-0.3, -0.25) is 43.3 Å². The largest absolute Gasteiger partial charge is 0.481 e. The van der Waals surface area contributed by atoms with Gasteiger partial charge in [-0.25, -0.2) is 4.79 Å². The van der Waals surface area contributed by atoms with Crippen LogP contribution in [-0.2, 0) is 43.1 Å². The summed E-state index contributed by atoms with van der Waals surface area (Å²) < 4.78 is 5.75. The van der Waals surface area contributed by atoms with Crippen molar-refractivity contribution >= 4 is 53.4 Å². The summed E-state index contributed by atoms with van der Waals surface area (Å²) in [6.45, 7) is 7.78. The van der Waals surface area contributed by atoms with E-state index in [0.29, 0.717) is 12.8 Å². The van der Waals surface area contributed by atoms with Crippen molar-refractivity contribution in [3.05, 3.63) is 59.7 Å². The van der Waals surface area contributed by atoms with Crippen molar-refractivity contribution in [2.24, 2.45) is 11.8 Å². The van der Waals surface area contributed by atoms with Crippen LogP contribution in [0.15, 0.2) is 48.5 Å². The summed E-state index contributed by atoms with van der Waals surface area (Å²) in [6.07, 6.45) is 1.76. The molecule has 3 N–H and O–H groups in total. The number of carboxylic acids is 1. The molecular weight excluding hydrogens is 889 g/mol. The predicted molar refractivity (Wildman–Crippen MR) is 257 cm³/mol. The number of ether oxygens (including phenoxy) is 1. The van der Waals surface area contributed by atoms with E-state index in [9.17, 15) is 48.3 Å². The fraction of sp³-hybridized carbons (Fsp3) is 0.580. The number of nitrogens with zero attached hydrogens (tertiary/aromatic N) is 6. The van der Waals surface area contributed by atoms with Crippen molar-refractivity contribution < 1.29 is 53.0 Å². The number of likely N-dealkylation sites (N-methyl/N-ethyl adjacent to an activating group) is 6. The van der Waals surface area contributed by atoms with E-state index >= 15 is 0 Å². The second kappa shape index (κ2) is 24.2. The van der Waals surface area contributed by atoms with Gasteiger partial charge in [0.1, 0.15) is 42.9 Å². The fourth-order valence-corrected chi connectivity index (χ4v) is 9.08. The maximum Gasteiger partial charge on any atom is 0.410 e. The normalized spacial score (nSPS) is 15.8. The first-order valence-electron chi connectivity index (χ1n) is 23.5. The Labute approximate surface area is 405 Å². The zero-order chi connectivity index (χ0) is 51.6. The molecule has 69 heavy (non-hydrogen) atoms. The first kappa shape index (κ1) is 55.1. The minimum Gasteiger partial charge on any atom is -0.481 e. The summed E-state index contributed by atoms with van der Waals surface area (Å²) in [6, 6.07) is 9.17. The number of hydrogen-bond acceptors (Lipinski definition) is 10. The van der Waals surface area contributed by atoms with E-state index in [1.54, 1.807) is 0 Å². The maximum atomic E-state index is 14.1. The van der Waals surface area contributed by atoms with E-state index in [1.165, 1.54) is 84.8 Å². The Bertz CT molecular complexity index is 2180. The molecular formula is C50H72N8O11. The second-order valence-corrected chi connectivity index (χ2v) is 19.1. The van der Waals surface area contributed by atoms with E-state index in [4.69, 9.17) is 4.74 Å². The molecule has 2 aliphatic carbocycles. The summed E-state index contributed by atoms with van der Waals surface area (Å²) in [7, 11) is 9.93. The molecule has 6 atom stereocenters. The molecule has 0 aromatic heterocycles. The third kappa shape index (κ3) is 13.4. The van der Waals surface area contributed by atoms with E-state index in [0.717, 1.165) is 49.8 Å². The quantitative estimate of drug-likeness (QED) is 0.165. The molecule has 19 nitrogen and oxygen atoms in total. The van der Waals surface area contributed by atoms with Crippen LogP contribution in [0.5, 0.6) is 0 Å². The molecule has 2 aromatic carbocycles. The van der Waals surface area contributed by atoms with Crippen LogP contribution in [0.2, 0.25) is 0 Å². The Morgan fingerprint density at radius 2 is 1.17 bits per heavy atom. The van der Waals surface area contributed by atoms with Gasteiger partial charge in [0.2, 0.25) is 41.4 Å². The number of benzene rings is 2. The van der Waals surface area contributed by atoms with Gasteiger partial charge in [0.05, 0.1) is 13.0 Å². The van der Waals surface area contributed by atoms with Crippen LogP contribution in [0.1, 0.15) is 90.2 Å². The van der Waals surface area contributed by atoms with E-state index in [-0.39, 0.29) is 30.8 Å². The zero-order valence-corrected chi connectivity index (χ0v) is 42.2. The smallest absolute Gasteiger partial charge is 0.410 e. The Morgan fingerprint density at radius 1 is 0.652 bits per heavy atom. The SMILES string of the molecule is CC(C)CC(NC(=O)C(C)N(C)C(=O)OCC1c2ccccc2-c2ccccc21)C(=O)N(C)CC(=O)N(C)C(C)C(=O)NC(C)C(=O)N(C)C(C(=O)N(C)C(CC(=O)O)C(=O)N(C)C)C1CCCC1. The van der Waals surface area contributed by atoms with Crippen LogP contribution in [0, 0.1) is 11.8 Å². The Balaban J connectivity index is 1.34. The number of carboxylic acid groups (broad SMARTS) is 1. The van der Waals surface area contributed by atoms with Gasteiger partial charge < -0.3 is 45.0 Å². The number of carbonyl (C=O) groups is 9. The number of rotatable bonds is 21. The summed E-state index contributed by atoms with van der Waals surface area (Å²) in [5.74, 6) is -6.03. The van der Waals surface area contributed by atoms with Crippen molar-refractivity contribution in [3.8, 4) is 11.1 Å². The van der Waals surface area contributed by atoms with Crippen LogP contribution in [0.3, 0.4) is 0 Å². The summed E-state index contributed by atoms with van der Waals surface area (Å²) in [4.78, 5) is 128. The van der Waals surface area contributed by atoms with Gasteiger partial charge in [-0.05, 0) is 74.1 Å². The molecule has 8 amide bonds. The topological polar surface area (TPSA) is 227 Å². The molecule has 0 saturated heterocycles. The van der Waals surface area contributed by atoms with Gasteiger partial charge in [-0.15, -0.1) is 0 Å². The lowest BCUT2D eigenvalue weighted by Crippen LogP contribution is -2.60. The lowest BCUT2D eigenvalue weighted by atomic mass is 9.94. The molecule has 1 saturated carbocycles. The fourth-order valence-electron chi connectivity index (χ4n) is 9.08. The Morgan fingerprint density at radius 3 is 1.70 bits per heavy atom. The standard InChI is InChI=1S/C50H72N8O11/c1-29(2)25-39(52-45(63)32(5)56(10)50(68)69-28-38-36-23-17-15-21-34(36)35-22-16-18-24-37(35)38)47(65)54(8)27-41(59)55(9)31(4)44(62)51-30(3)46(64)58(12)43(33-19-13-14-20-33)49(67)57(11)40(26-42(60)61)48(66)53(6)7/h15-18,21-24,29-33,38-40,43H,13-14,19-20,25-28H2,1-12H3,(H,51,62)(H,52,63)(H,60,61).